The normalized spacial score (nSPS) is 11.5. The number of nitrogens with two attached hydrogens (primary N) is 1. The third-order valence-electron chi connectivity index (χ3n) is 1.18. The molecule has 3 nitrogen and oxygen atoms in total. The first-order valence-electron chi connectivity index (χ1n) is 3.16. The van der Waals surface area contributed by atoms with Crippen molar-refractivity contribution in [2.75, 3.05) is 5.73 Å². The third-order valence-corrected chi connectivity index (χ3v) is 1.99. The van der Waals surface area contributed by atoms with Gasteiger partial charge >= 0.3 is 6.36 Å². The molecule has 0 amide bonds. The lowest BCUT2D eigenvalue weighted by Crippen LogP contribution is -2.19. The monoisotopic (exact) mass is 274 g/mol. The molecule has 0 atom stereocenters. The Balaban J connectivity index is 3.06. The minimum atomic E-state index is -4.90. The van der Waals surface area contributed by atoms with E-state index in [1.807, 2.05) is 0 Å². The fourth-order valence-corrected chi connectivity index (χ4v) is 0.927. The zero-order valence-corrected chi connectivity index (χ0v) is 7.99. The summed E-state index contributed by atoms with van der Waals surface area (Å²) in [6.07, 6.45) is -4.33. The summed E-state index contributed by atoms with van der Waals surface area (Å²) in [5.74, 6) is -1.75. The second-order valence-corrected chi connectivity index (χ2v) is 2.98. The Morgan fingerprint density at radius 3 is 2.50 bits per heavy atom. The van der Waals surface area contributed by atoms with Crippen molar-refractivity contribution in [2.45, 2.75) is 6.36 Å². The van der Waals surface area contributed by atoms with Gasteiger partial charge in [0.1, 0.15) is 5.69 Å². The van der Waals surface area contributed by atoms with Crippen LogP contribution in [0.2, 0.25) is 0 Å². The van der Waals surface area contributed by atoms with Crippen LogP contribution in [-0.2, 0) is 0 Å². The molecule has 1 heterocycles. The molecule has 0 aliphatic heterocycles. The van der Waals surface area contributed by atoms with Crippen molar-refractivity contribution in [1.29, 1.82) is 0 Å². The van der Waals surface area contributed by atoms with Gasteiger partial charge in [-0.1, -0.05) is 0 Å². The highest BCUT2D eigenvalue weighted by Crippen LogP contribution is 2.32. The molecular formula is C6H3BrF4N2O. The summed E-state index contributed by atoms with van der Waals surface area (Å²) in [7, 11) is 0. The van der Waals surface area contributed by atoms with E-state index >= 15 is 0 Å². The molecule has 2 N–H and O–H groups in total. The van der Waals surface area contributed by atoms with Gasteiger partial charge in [0.05, 0.1) is 10.7 Å². The molecule has 0 unspecified atom stereocenters. The van der Waals surface area contributed by atoms with Gasteiger partial charge in [0.25, 0.3) is 0 Å². The molecule has 1 aromatic rings. The molecule has 1 aromatic heterocycles. The number of alkyl halides is 3. The van der Waals surface area contributed by atoms with Crippen LogP contribution in [0.5, 0.6) is 5.88 Å². The van der Waals surface area contributed by atoms with E-state index in [0.717, 1.165) is 0 Å². The maximum Gasteiger partial charge on any atom is 0.574 e. The van der Waals surface area contributed by atoms with Gasteiger partial charge in [-0.25, -0.2) is 9.37 Å². The molecule has 14 heavy (non-hydrogen) atoms. The molecule has 0 saturated carbocycles. The number of nitrogen functional groups attached to an aromatic ring is 1. The number of pyridine rings is 1. The Hall–Kier alpha value is -1.05. The molecule has 0 aliphatic carbocycles. The van der Waals surface area contributed by atoms with E-state index in [-0.39, 0.29) is 4.47 Å². The minimum Gasteiger partial charge on any atom is -0.393 e. The average molecular weight is 275 g/mol. The molecule has 1 rings (SSSR count). The first kappa shape index (κ1) is 11.0. The van der Waals surface area contributed by atoms with E-state index in [0.29, 0.717) is 6.20 Å². The highest BCUT2D eigenvalue weighted by Gasteiger charge is 2.33. The Morgan fingerprint density at radius 2 is 2.00 bits per heavy atom. The molecule has 0 bridgehead atoms. The number of ether oxygens (including phenoxy) is 1. The molecular weight excluding hydrogens is 272 g/mol. The first-order valence-corrected chi connectivity index (χ1v) is 3.96. The van der Waals surface area contributed by atoms with Gasteiger partial charge in [0, 0.05) is 0 Å². The van der Waals surface area contributed by atoms with Gasteiger partial charge in [0.15, 0.2) is 5.82 Å². The van der Waals surface area contributed by atoms with E-state index in [4.69, 9.17) is 5.73 Å². The predicted molar refractivity (Wildman–Crippen MR) is 43.0 cm³/mol. The van der Waals surface area contributed by atoms with Crippen LogP contribution in [0.25, 0.3) is 0 Å². The van der Waals surface area contributed by atoms with Crippen LogP contribution >= 0.6 is 15.9 Å². The standard InChI is InChI=1S/C6H3BrF4N2O/c7-3-2(8)1-13-5(4(3)12)14-6(9,10)11/h1H,12H2. The number of rotatable bonds is 1. The average Bonchev–Trinajstić information content (AvgIpc) is 2.04. The molecule has 8 heteroatoms. The second kappa shape index (κ2) is 3.60. The first-order chi connectivity index (χ1) is 6.31. The van der Waals surface area contributed by atoms with Crippen LogP contribution in [0.1, 0.15) is 0 Å². The van der Waals surface area contributed by atoms with Gasteiger partial charge in [-0.05, 0) is 15.9 Å². The van der Waals surface area contributed by atoms with Crippen LogP contribution in [0.4, 0.5) is 23.2 Å². The van der Waals surface area contributed by atoms with E-state index < -0.39 is 23.7 Å². The quantitative estimate of drug-likeness (QED) is 0.801. The van der Waals surface area contributed by atoms with E-state index in [1.54, 1.807) is 0 Å². The maximum atomic E-state index is 12.7. The number of aromatic nitrogens is 1. The summed E-state index contributed by atoms with van der Waals surface area (Å²) in [5, 5.41) is 0. The van der Waals surface area contributed by atoms with Crippen LogP contribution in [-0.4, -0.2) is 11.3 Å². The zero-order valence-electron chi connectivity index (χ0n) is 6.40. The third kappa shape index (κ3) is 2.47. The van der Waals surface area contributed by atoms with E-state index in [1.165, 1.54) is 0 Å². The highest BCUT2D eigenvalue weighted by molar-refractivity contribution is 9.10. The summed E-state index contributed by atoms with van der Waals surface area (Å²) in [4.78, 5) is 3.05. The molecule has 0 saturated heterocycles. The van der Waals surface area contributed by atoms with Gasteiger partial charge in [-0.2, -0.15) is 0 Å². The zero-order chi connectivity index (χ0) is 10.9. The van der Waals surface area contributed by atoms with Crippen molar-refractivity contribution in [3.05, 3.63) is 16.5 Å². The van der Waals surface area contributed by atoms with Gasteiger partial charge in [-0.3, -0.25) is 0 Å². The molecule has 0 spiro atoms. The highest BCUT2D eigenvalue weighted by atomic mass is 79.9. The number of hydrogen-bond acceptors (Lipinski definition) is 3. The lowest BCUT2D eigenvalue weighted by molar-refractivity contribution is -0.275. The summed E-state index contributed by atoms with van der Waals surface area (Å²) < 4.78 is 51.0. The Morgan fingerprint density at radius 1 is 1.43 bits per heavy atom. The summed E-state index contributed by atoms with van der Waals surface area (Å²) in [5.41, 5.74) is 4.58. The minimum absolute atomic E-state index is 0.313. The smallest absolute Gasteiger partial charge is 0.393 e. The van der Waals surface area contributed by atoms with Crippen molar-refractivity contribution in [2.24, 2.45) is 0 Å². The van der Waals surface area contributed by atoms with E-state index in [2.05, 4.69) is 25.7 Å². The topological polar surface area (TPSA) is 48.1 Å². The fraction of sp³-hybridized carbons (Fsp3) is 0.167. The fourth-order valence-electron chi connectivity index (χ4n) is 0.655. The number of hydrogen-bond donors (Lipinski definition) is 1. The molecule has 0 aromatic carbocycles. The van der Waals surface area contributed by atoms with Crippen molar-refractivity contribution in [1.82, 2.24) is 4.98 Å². The SMILES string of the molecule is Nc1c(OC(F)(F)F)ncc(F)c1Br. The van der Waals surface area contributed by atoms with Crippen LogP contribution in [0, 0.1) is 5.82 Å². The number of anilines is 1. The molecule has 78 valence electrons. The van der Waals surface area contributed by atoms with Gasteiger partial charge < -0.3 is 10.5 Å². The number of nitrogens with zero attached hydrogens (tertiary/aromatic N) is 1. The Kier molecular flexibility index (Phi) is 2.84. The van der Waals surface area contributed by atoms with Gasteiger partial charge in [-0.15, -0.1) is 13.2 Å². The van der Waals surface area contributed by atoms with Crippen molar-refractivity contribution in [3.63, 3.8) is 0 Å². The maximum absolute atomic E-state index is 12.7. The molecule has 0 aliphatic rings. The summed E-state index contributed by atoms with van der Waals surface area (Å²) >= 11 is 2.65. The Bertz CT molecular complexity index is 354. The van der Waals surface area contributed by atoms with Crippen molar-refractivity contribution < 1.29 is 22.3 Å². The summed E-state index contributed by atoms with van der Waals surface area (Å²) in [6, 6.07) is 0. The summed E-state index contributed by atoms with van der Waals surface area (Å²) in [6.45, 7) is 0. The number of halogens is 5. The van der Waals surface area contributed by atoms with Crippen LogP contribution in [0.3, 0.4) is 0 Å². The molecule has 0 radical (unpaired) electrons. The van der Waals surface area contributed by atoms with Crippen LogP contribution in [0.15, 0.2) is 10.7 Å². The van der Waals surface area contributed by atoms with E-state index in [9.17, 15) is 17.6 Å². The lowest BCUT2D eigenvalue weighted by Gasteiger charge is -2.10. The van der Waals surface area contributed by atoms with Gasteiger partial charge in [0.2, 0.25) is 5.88 Å². The second-order valence-electron chi connectivity index (χ2n) is 2.19. The predicted octanol–water partition coefficient (Wildman–Crippen LogP) is 2.46. The lowest BCUT2D eigenvalue weighted by atomic mass is 10.4. The van der Waals surface area contributed by atoms with Crippen LogP contribution < -0.4 is 10.5 Å². The molecule has 0 fully saturated rings. The largest absolute Gasteiger partial charge is 0.574 e. The van der Waals surface area contributed by atoms with Crippen molar-refractivity contribution >= 4 is 21.6 Å². The van der Waals surface area contributed by atoms with Crippen molar-refractivity contribution in [3.8, 4) is 5.88 Å². The Labute approximate surface area is 84.0 Å².